The minimum Gasteiger partial charge on any atom is -0.494 e. The number of amides is 2. The molecule has 0 saturated heterocycles. The summed E-state index contributed by atoms with van der Waals surface area (Å²) in [5, 5.41) is 2.71. The van der Waals surface area contributed by atoms with E-state index in [-0.39, 0.29) is 18.1 Å². The summed E-state index contributed by atoms with van der Waals surface area (Å²) in [6.45, 7) is 0. The van der Waals surface area contributed by atoms with Gasteiger partial charge >= 0.3 is 0 Å². The van der Waals surface area contributed by atoms with Crippen LogP contribution in [0.15, 0.2) is 42.5 Å². The Balaban J connectivity index is 1.89. The van der Waals surface area contributed by atoms with Crippen LogP contribution in [0.3, 0.4) is 0 Å². The van der Waals surface area contributed by atoms with Crippen molar-refractivity contribution < 1.29 is 18.7 Å². The molecule has 0 unspecified atom stereocenters. The van der Waals surface area contributed by atoms with Crippen LogP contribution >= 0.6 is 0 Å². The minimum atomic E-state index is -0.524. The number of rotatable bonds is 6. The molecule has 23 heavy (non-hydrogen) atoms. The molecule has 3 N–H and O–H groups in total. The Hall–Kier alpha value is -2.89. The van der Waals surface area contributed by atoms with E-state index in [1.165, 1.54) is 31.4 Å². The minimum absolute atomic E-state index is 0.174. The van der Waals surface area contributed by atoms with E-state index in [1.54, 1.807) is 18.2 Å². The van der Waals surface area contributed by atoms with Gasteiger partial charge < -0.3 is 15.8 Å². The summed E-state index contributed by atoms with van der Waals surface area (Å²) >= 11 is 0. The smallest absolute Gasteiger partial charge is 0.248 e. The maximum Gasteiger partial charge on any atom is 0.248 e. The van der Waals surface area contributed by atoms with Gasteiger partial charge in [0, 0.05) is 17.7 Å². The molecular formula is C17H17FN2O3. The molecule has 0 radical (unpaired) electrons. The van der Waals surface area contributed by atoms with Crippen LogP contribution in [0.2, 0.25) is 0 Å². The fourth-order valence-electron chi connectivity index (χ4n) is 2.06. The number of primary amides is 1. The monoisotopic (exact) mass is 316 g/mol. The molecule has 2 rings (SSSR count). The van der Waals surface area contributed by atoms with Crippen LogP contribution in [0.5, 0.6) is 5.75 Å². The highest BCUT2D eigenvalue weighted by molar-refractivity contribution is 5.94. The van der Waals surface area contributed by atoms with Gasteiger partial charge in [-0.1, -0.05) is 6.07 Å². The van der Waals surface area contributed by atoms with Gasteiger partial charge in [-0.3, -0.25) is 9.59 Å². The van der Waals surface area contributed by atoms with Gasteiger partial charge in [0.25, 0.3) is 0 Å². The number of halogens is 1. The number of anilines is 1. The molecule has 5 nitrogen and oxygen atoms in total. The first-order valence-electron chi connectivity index (χ1n) is 7.01. The maximum absolute atomic E-state index is 13.6. The number of hydrogen-bond acceptors (Lipinski definition) is 3. The summed E-state index contributed by atoms with van der Waals surface area (Å²) in [7, 11) is 1.40. The molecule has 120 valence electrons. The number of carbonyl (C=O) groups excluding carboxylic acids is 2. The number of carbonyl (C=O) groups is 2. The number of aryl methyl sites for hydroxylation is 1. The Labute approximate surface area is 133 Å². The lowest BCUT2D eigenvalue weighted by Crippen LogP contribution is -2.13. The molecule has 6 heteroatoms. The third kappa shape index (κ3) is 4.54. The summed E-state index contributed by atoms with van der Waals surface area (Å²) in [6.07, 6.45) is 0.620. The van der Waals surface area contributed by atoms with E-state index in [0.29, 0.717) is 23.2 Å². The zero-order valence-electron chi connectivity index (χ0n) is 12.6. The number of benzene rings is 2. The van der Waals surface area contributed by atoms with Gasteiger partial charge in [-0.05, 0) is 48.4 Å². The second-order valence-electron chi connectivity index (χ2n) is 4.96. The van der Waals surface area contributed by atoms with Crippen LogP contribution in [0.4, 0.5) is 10.1 Å². The lowest BCUT2D eigenvalue weighted by Gasteiger charge is -2.07. The maximum atomic E-state index is 13.6. The number of methoxy groups -OCH3 is 1. The van der Waals surface area contributed by atoms with Crippen molar-refractivity contribution in [2.45, 2.75) is 12.8 Å². The van der Waals surface area contributed by atoms with E-state index in [4.69, 9.17) is 10.5 Å². The van der Waals surface area contributed by atoms with Gasteiger partial charge in [0.1, 0.15) is 0 Å². The van der Waals surface area contributed by atoms with Gasteiger partial charge in [0.2, 0.25) is 11.8 Å². The van der Waals surface area contributed by atoms with Crippen molar-refractivity contribution in [3.8, 4) is 5.75 Å². The van der Waals surface area contributed by atoms with Crippen molar-refractivity contribution in [1.82, 2.24) is 0 Å². The third-order valence-corrected chi connectivity index (χ3v) is 3.31. The second-order valence-corrected chi connectivity index (χ2v) is 4.96. The van der Waals surface area contributed by atoms with Gasteiger partial charge in [-0.25, -0.2) is 4.39 Å². The van der Waals surface area contributed by atoms with Crippen LogP contribution in [-0.4, -0.2) is 18.9 Å². The molecule has 2 aromatic carbocycles. The molecule has 0 aliphatic heterocycles. The topological polar surface area (TPSA) is 81.4 Å². The van der Waals surface area contributed by atoms with Crippen LogP contribution < -0.4 is 15.8 Å². The molecule has 0 aliphatic carbocycles. The predicted molar refractivity (Wildman–Crippen MR) is 84.9 cm³/mol. The second kappa shape index (κ2) is 7.40. The molecule has 0 atom stereocenters. The van der Waals surface area contributed by atoms with Crippen molar-refractivity contribution in [3.05, 3.63) is 59.4 Å². The van der Waals surface area contributed by atoms with Crippen LogP contribution in [0, 0.1) is 5.82 Å². The van der Waals surface area contributed by atoms with Gasteiger partial charge in [-0.2, -0.15) is 0 Å². The lowest BCUT2D eigenvalue weighted by molar-refractivity contribution is -0.116. The van der Waals surface area contributed by atoms with E-state index in [1.807, 2.05) is 0 Å². The SMILES string of the molecule is COc1ccc(CCC(=O)Nc2ccc(C(N)=O)cc2)cc1F. The zero-order chi connectivity index (χ0) is 16.8. The summed E-state index contributed by atoms with van der Waals surface area (Å²) in [5.74, 6) is -1.00. The normalized spacial score (nSPS) is 10.2. The number of hydrogen-bond donors (Lipinski definition) is 2. The first-order chi connectivity index (χ1) is 11.0. The van der Waals surface area contributed by atoms with Crippen molar-refractivity contribution >= 4 is 17.5 Å². The molecule has 0 aliphatic rings. The van der Waals surface area contributed by atoms with Gasteiger partial charge in [0.05, 0.1) is 7.11 Å². The van der Waals surface area contributed by atoms with Crippen LogP contribution in [0.25, 0.3) is 0 Å². The average Bonchev–Trinajstić information content (AvgIpc) is 2.53. The highest BCUT2D eigenvalue weighted by atomic mass is 19.1. The van der Waals surface area contributed by atoms with E-state index >= 15 is 0 Å². The average molecular weight is 316 g/mol. The Morgan fingerprint density at radius 1 is 1.17 bits per heavy atom. The Kier molecular flexibility index (Phi) is 5.30. The molecule has 0 fully saturated rings. The van der Waals surface area contributed by atoms with Crippen LogP contribution in [0.1, 0.15) is 22.3 Å². The standard InChI is InChI=1S/C17H17FN2O3/c1-23-15-8-2-11(10-14(15)18)3-9-16(21)20-13-6-4-12(5-7-13)17(19)22/h2,4-8,10H,3,9H2,1H3,(H2,19,22)(H,20,21). The van der Waals surface area contributed by atoms with Crippen molar-refractivity contribution in [3.63, 3.8) is 0 Å². The fourth-order valence-corrected chi connectivity index (χ4v) is 2.06. The fraction of sp³-hybridized carbons (Fsp3) is 0.176. The molecule has 2 amide bonds. The van der Waals surface area contributed by atoms with E-state index in [9.17, 15) is 14.0 Å². The zero-order valence-corrected chi connectivity index (χ0v) is 12.6. The molecule has 0 bridgehead atoms. The van der Waals surface area contributed by atoms with Gasteiger partial charge in [0.15, 0.2) is 11.6 Å². The first-order valence-corrected chi connectivity index (χ1v) is 7.01. The largest absolute Gasteiger partial charge is 0.494 e. The molecule has 0 aromatic heterocycles. The van der Waals surface area contributed by atoms with Crippen molar-refractivity contribution in [2.24, 2.45) is 5.73 Å². The number of nitrogens with one attached hydrogen (secondary N) is 1. The highest BCUT2D eigenvalue weighted by Gasteiger charge is 2.07. The molecule has 2 aromatic rings. The molecule has 0 heterocycles. The van der Waals surface area contributed by atoms with E-state index in [0.717, 1.165) is 0 Å². The Morgan fingerprint density at radius 2 is 1.87 bits per heavy atom. The summed E-state index contributed by atoms with van der Waals surface area (Å²) < 4.78 is 18.4. The molecule has 0 spiro atoms. The number of ether oxygens (including phenoxy) is 1. The van der Waals surface area contributed by atoms with E-state index < -0.39 is 11.7 Å². The molecular weight excluding hydrogens is 299 g/mol. The third-order valence-electron chi connectivity index (χ3n) is 3.31. The quantitative estimate of drug-likeness (QED) is 0.859. The summed E-state index contributed by atoms with van der Waals surface area (Å²) in [5.41, 5.74) is 6.80. The van der Waals surface area contributed by atoms with Gasteiger partial charge in [-0.15, -0.1) is 0 Å². The van der Waals surface area contributed by atoms with Crippen LogP contribution in [-0.2, 0) is 11.2 Å². The summed E-state index contributed by atoms with van der Waals surface area (Å²) in [6, 6.07) is 10.9. The van der Waals surface area contributed by atoms with Crippen molar-refractivity contribution in [1.29, 1.82) is 0 Å². The lowest BCUT2D eigenvalue weighted by atomic mass is 10.1. The van der Waals surface area contributed by atoms with Crippen molar-refractivity contribution in [2.75, 3.05) is 12.4 Å². The number of nitrogens with two attached hydrogens (primary N) is 1. The Morgan fingerprint density at radius 3 is 2.43 bits per heavy atom. The highest BCUT2D eigenvalue weighted by Crippen LogP contribution is 2.18. The first kappa shape index (κ1) is 16.5. The predicted octanol–water partition coefficient (Wildman–Crippen LogP) is 2.50. The summed E-state index contributed by atoms with van der Waals surface area (Å²) in [4.78, 5) is 22.9. The van der Waals surface area contributed by atoms with E-state index in [2.05, 4.69) is 5.32 Å². The Bertz CT molecular complexity index is 714. The molecule has 0 saturated carbocycles.